The van der Waals surface area contributed by atoms with E-state index in [2.05, 4.69) is 0 Å². The van der Waals surface area contributed by atoms with Crippen LogP contribution in [-0.2, 0) is 22.0 Å². The first kappa shape index (κ1) is 17.5. The monoisotopic (exact) mass is 334 g/mol. The SMILES string of the molecule is CCOCC(Cc1cc(OC)ccc1O)S(=O)c1ccccc1. The van der Waals surface area contributed by atoms with Gasteiger partial charge in [0.1, 0.15) is 11.5 Å². The van der Waals surface area contributed by atoms with E-state index in [9.17, 15) is 9.32 Å². The molecule has 0 saturated heterocycles. The summed E-state index contributed by atoms with van der Waals surface area (Å²) >= 11 is 0. The van der Waals surface area contributed by atoms with Crippen molar-refractivity contribution in [3.05, 3.63) is 54.1 Å². The van der Waals surface area contributed by atoms with Crippen molar-refractivity contribution in [1.82, 2.24) is 0 Å². The normalized spacial score (nSPS) is 13.5. The summed E-state index contributed by atoms with van der Waals surface area (Å²) in [5.41, 5.74) is 0.707. The van der Waals surface area contributed by atoms with Crippen LogP contribution >= 0.6 is 0 Å². The van der Waals surface area contributed by atoms with Crippen molar-refractivity contribution in [2.24, 2.45) is 0 Å². The molecule has 0 radical (unpaired) electrons. The Hall–Kier alpha value is -1.85. The minimum Gasteiger partial charge on any atom is -0.508 e. The summed E-state index contributed by atoms with van der Waals surface area (Å²) in [6.07, 6.45) is 0.449. The van der Waals surface area contributed by atoms with Crippen molar-refractivity contribution in [1.29, 1.82) is 0 Å². The van der Waals surface area contributed by atoms with Gasteiger partial charge in [0.05, 0.1) is 29.8 Å². The van der Waals surface area contributed by atoms with Gasteiger partial charge in [-0.2, -0.15) is 0 Å². The quantitative estimate of drug-likeness (QED) is 0.806. The molecule has 0 aliphatic rings. The highest BCUT2D eigenvalue weighted by Crippen LogP contribution is 2.26. The van der Waals surface area contributed by atoms with Crippen LogP contribution in [0.1, 0.15) is 12.5 Å². The number of ether oxygens (including phenoxy) is 2. The Kier molecular flexibility index (Phi) is 6.62. The highest BCUT2D eigenvalue weighted by molar-refractivity contribution is 7.85. The zero-order valence-corrected chi connectivity index (χ0v) is 14.2. The minimum atomic E-state index is -1.22. The van der Waals surface area contributed by atoms with Gasteiger partial charge in [-0.1, -0.05) is 18.2 Å². The maximum absolute atomic E-state index is 12.8. The summed E-state index contributed by atoms with van der Waals surface area (Å²) in [7, 11) is 0.362. The topological polar surface area (TPSA) is 55.8 Å². The van der Waals surface area contributed by atoms with E-state index in [0.717, 1.165) is 4.90 Å². The van der Waals surface area contributed by atoms with Gasteiger partial charge < -0.3 is 14.6 Å². The standard InChI is InChI=1S/C18H22O4S/c1-3-22-13-17(23(20)16-7-5-4-6-8-16)12-14-11-15(21-2)9-10-18(14)19/h4-11,17,19H,3,12-13H2,1-2H3. The summed E-state index contributed by atoms with van der Waals surface area (Å²) in [6.45, 7) is 2.84. The molecule has 0 fully saturated rings. The molecule has 0 aromatic heterocycles. The van der Waals surface area contributed by atoms with Crippen molar-refractivity contribution in [3.8, 4) is 11.5 Å². The van der Waals surface area contributed by atoms with E-state index in [-0.39, 0.29) is 11.0 Å². The second-order valence-corrected chi connectivity index (χ2v) is 6.82. The molecule has 0 saturated carbocycles. The molecule has 4 nitrogen and oxygen atoms in total. The lowest BCUT2D eigenvalue weighted by molar-refractivity contribution is 0.147. The van der Waals surface area contributed by atoms with Gasteiger partial charge in [0.2, 0.25) is 0 Å². The molecule has 124 valence electrons. The average molecular weight is 334 g/mol. The first-order chi connectivity index (χ1) is 11.2. The largest absolute Gasteiger partial charge is 0.508 e. The van der Waals surface area contributed by atoms with Crippen LogP contribution < -0.4 is 4.74 Å². The van der Waals surface area contributed by atoms with Crippen LogP contribution in [0.4, 0.5) is 0 Å². The first-order valence-electron chi connectivity index (χ1n) is 7.55. The second-order valence-electron chi connectivity index (χ2n) is 5.09. The molecule has 5 heteroatoms. The van der Waals surface area contributed by atoms with Crippen LogP contribution in [0.5, 0.6) is 11.5 Å². The predicted octanol–water partition coefficient (Wildman–Crippen LogP) is 3.16. The van der Waals surface area contributed by atoms with E-state index >= 15 is 0 Å². The lowest BCUT2D eigenvalue weighted by Gasteiger charge is -2.18. The van der Waals surface area contributed by atoms with Gasteiger partial charge in [-0.05, 0) is 49.2 Å². The lowest BCUT2D eigenvalue weighted by atomic mass is 10.1. The highest BCUT2D eigenvalue weighted by atomic mass is 32.2. The van der Waals surface area contributed by atoms with E-state index in [4.69, 9.17) is 9.47 Å². The zero-order valence-electron chi connectivity index (χ0n) is 13.4. The average Bonchev–Trinajstić information content (AvgIpc) is 2.60. The molecule has 2 rings (SSSR count). The maximum Gasteiger partial charge on any atom is 0.119 e. The molecule has 23 heavy (non-hydrogen) atoms. The summed E-state index contributed by atoms with van der Waals surface area (Å²) in [6, 6.07) is 14.4. The van der Waals surface area contributed by atoms with Crippen LogP contribution in [0.2, 0.25) is 0 Å². The minimum absolute atomic E-state index is 0.178. The zero-order chi connectivity index (χ0) is 16.7. The fraction of sp³-hybridized carbons (Fsp3) is 0.333. The maximum atomic E-state index is 12.8. The van der Waals surface area contributed by atoms with E-state index in [1.807, 2.05) is 37.3 Å². The number of methoxy groups -OCH3 is 1. The highest BCUT2D eigenvalue weighted by Gasteiger charge is 2.21. The molecule has 1 N–H and O–H groups in total. The third-order valence-corrected chi connectivity index (χ3v) is 5.17. The smallest absolute Gasteiger partial charge is 0.119 e. The van der Waals surface area contributed by atoms with Crippen LogP contribution in [0.15, 0.2) is 53.4 Å². The molecule has 0 aliphatic carbocycles. The molecule has 2 unspecified atom stereocenters. The summed E-state index contributed by atoms with van der Waals surface area (Å²) in [5.74, 6) is 0.843. The van der Waals surface area contributed by atoms with Crippen molar-refractivity contribution >= 4 is 10.8 Å². The Morgan fingerprint density at radius 1 is 1.17 bits per heavy atom. The number of aromatic hydroxyl groups is 1. The lowest BCUT2D eigenvalue weighted by Crippen LogP contribution is -2.24. The fourth-order valence-electron chi connectivity index (χ4n) is 2.29. The van der Waals surface area contributed by atoms with Gasteiger partial charge in [0.25, 0.3) is 0 Å². The molecule has 0 heterocycles. The number of phenols is 1. The summed E-state index contributed by atoms with van der Waals surface area (Å²) in [4.78, 5) is 0.764. The van der Waals surface area contributed by atoms with Crippen molar-refractivity contribution < 1.29 is 18.8 Å². The van der Waals surface area contributed by atoms with Crippen LogP contribution in [0.3, 0.4) is 0 Å². The fourth-order valence-corrected chi connectivity index (χ4v) is 3.65. The van der Waals surface area contributed by atoms with Crippen molar-refractivity contribution in [2.45, 2.75) is 23.5 Å². The van der Waals surface area contributed by atoms with Crippen LogP contribution in [-0.4, -0.2) is 34.9 Å². The Morgan fingerprint density at radius 2 is 1.91 bits per heavy atom. The van der Waals surface area contributed by atoms with Crippen molar-refractivity contribution in [3.63, 3.8) is 0 Å². The van der Waals surface area contributed by atoms with Crippen molar-refractivity contribution in [2.75, 3.05) is 20.3 Å². The van der Waals surface area contributed by atoms with Gasteiger partial charge in [0.15, 0.2) is 0 Å². The van der Waals surface area contributed by atoms with Gasteiger partial charge in [0, 0.05) is 11.5 Å². The third-order valence-electron chi connectivity index (χ3n) is 3.52. The van der Waals surface area contributed by atoms with E-state index in [1.165, 1.54) is 0 Å². The molecule has 2 aromatic carbocycles. The molecular weight excluding hydrogens is 312 g/mol. The molecule has 0 aliphatic heterocycles. The molecule has 2 aromatic rings. The summed E-state index contributed by atoms with van der Waals surface area (Å²) in [5, 5.41) is 9.82. The number of hydrogen-bond donors (Lipinski definition) is 1. The van der Waals surface area contributed by atoms with E-state index in [1.54, 1.807) is 25.3 Å². The molecule has 0 bridgehead atoms. The molecule has 0 amide bonds. The van der Waals surface area contributed by atoms with Gasteiger partial charge in [-0.25, -0.2) is 0 Å². The van der Waals surface area contributed by atoms with Gasteiger partial charge >= 0.3 is 0 Å². The van der Waals surface area contributed by atoms with Crippen LogP contribution in [0.25, 0.3) is 0 Å². The Labute approximate surface area is 139 Å². The third kappa shape index (κ3) is 4.81. The Bertz CT molecular complexity index is 643. The Morgan fingerprint density at radius 3 is 2.57 bits per heavy atom. The Balaban J connectivity index is 2.23. The van der Waals surface area contributed by atoms with Gasteiger partial charge in [-0.15, -0.1) is 0 Å². The molecule has 2 atom stereocenters. The van der Waals surface area contributed by atoms with E-state index < -0.39 is 10.8 Å². The molecular formula is C18H22O4S. The van der Waals surface area contributed by atoms with Gasteiger partial charge in [-0.3, -0.25) is 4.21 Å². The van der Waals surface area contributed by atoms with Crippen LogP contribution in [0, 0.1) is 0 Å². The number of phenolic OH excluding ortho intramolecular Hbond substituents is 1. The second kappa shape index (κ2) is 8.70. The summed E-state index contributed by atoms with van der Waals surface area (Å²) < 4.78 is 23.5. The number of rotatable bonds is 8. The number of hydrogen-bond acceptors (Lipinski definition) is 4. The predicted molar refractivity (Wildman–Crippen MR) is 91.5 cm³/mol. The van der Waals surface area contributed by atoms with E-state index in [0.29, 0.717) is 30.9 Å². The number of benzene rings is 2. The first-order valence-corrected chi connectivity index (χ1v) is 8.76. The molecule has 0 spiro atoms.